The molecule has 0 atom stereocenters. The van der Waals surface area contributed by atoms with E-state index in [1.807, 2.05) is 24.3 Å². The Labute approximate surface area is 282 Å². The number of ether oxygens (including phenoxy) is 1. The summed E-state index contributed by atoms with van der Waals surface area (Å²) in [5.74, 6) is 0.354. The van der Waals surface area contributed by atoms with Gasteiger partial charge >= 0.3 is 6.09 Å². The number of alkyl halides is 1. The van der Waals surface area contributed by atoms with Crippen LogP contribution in [-0.4, -0.2) is 84.3 Å². The van der Waals surface area contributed by atoms with Gasteiger partial charge in [-0.3, -0.25) is 14.4 Å². The van der Waals surface area contributed by atoms with E-state index in [4.69, 9.17) is 4.74 Å². The minimum absolute atomic E-state index is 0.0513. The van der Waals surface area contributed by atoms with E-state index in [0.29, 0.717) is 44.8 Å². The quantitative estimate of drug-likeness (QED) is 0.340. The number of benzene rings is 3. The monoisotopic (exact) mass is 702 g/mol. The number of nitrogens with zero attached hydrogens (tertiary/aromatic N) is 4. The largest absolute Gasteiger partial charge is 0.507 e. The fourth-order valence-corrected chi connectivity index (χ4v) is 7.20. The molecule has 1 N–H and O–H groups in total. The summed E-state index contributed by atoms with van der Waals surface area (Å²) in [4.78, 5) is 58.2. The average molecular weight is 704 g/mol. The number of amides is 4. The molecule has 47 heavy (non-hydrogen) atoms. The Balaban J connectivity index is 1.12. The van der Waals surface area contributed by atoms with Gasteiger partial charge in [0.2, 0.25) is 17.7 Å². The standard InChI is InChI=1S/C36H39BrN4O6/c1-38(35(45)22-37)18-19-39(2)36(46)47-32-21-30-26(24-9-4-6-11-28(24)32)15-17-41(30)34(44)13-7-12-33(43)40-16-14-25-23-8-3-5-10-27(23)31(42)20-29(25)40/h4,6,8-11,20-21,42H,3,5,7,12-19,22H2,1-2H3. The molecule has 3 aromatic carbocycles. The molecule has 0 saturated carbocycles. The van der Waals surface area contributed by atoms with Crippen molar-refractivity contribution in [3.63, 3.8) is 0 Å². The molecular weight excluding hydrogens is 664 g/mol. The predicted molar refractivity (Wildman–Crippen MR) is 186 cm³/mol. The van der Waals surface area contributed by atoms with Gasteiger partial charge in [0.1, 0.15) is 11.5 Å². The van der Waals surface area contributed by atoms with Gasteiger partial charge < -0.3 is 29.4 Å². The van der Waals surface area contributed by atoms with E-state index in [-0.39, 0.29) is 41.6 Å². The highest BCUT2D eigenvalue weighted by atomic mass is 79.9. The molecule has 0 unspecified atom stereocenters. The van der Waals surface area contributed by atoms with Crippen LogP contribution >= 0.6 is 15.9 Å². The topological polar surface area (TPSA) is 111 Å². The normalized spacial score (nSPS) is 14.5. The van der Waals surface area contributed by atoms with Crippen molar-refractivity contribution in [1.29, 1.82) is 0 Å². The minimum atomic E-state index is -0.558. The van der Waals surface area contributed by atoms with Crippen molar-refractivity contribution >= 4 is 74.0 Å². The number of phenols is 1. The molecule has 0 fully saturated rings. The van der Waals surface area contributed by atoms with Gasteiger partial charge in [0, 0.05) is 75.9 Å². The fraction of sp³-hybridized carbons (Fsp3) is 0.389. The molecule has 1 aliphatic carbocycles. The smallest absolute Gasteiger partial charge is 0.415 e. The van der Waals surface area contributed by atoms with Gasteiger partial charge in [0.15, 0.2) is 0 Å². The summed E-state index contributed by atoms with van der Waals surface area (Å²) < 4.78 is 5.87. The van der Waals surface area contributed by atoms with Crippen LogP contribution in [0.4, 0.5) is 16.2 Å². The van der Waals surface area contributed by atoms with Gasteiger partial charge in [-0.25, -0.2) is 4.79 Å². The summed E-state index contributed by atoms with van der Waals surface area (Å²) in [5, 5.41) is 14.5. The van der Waals surface area contributed by atoms with Crippen molar-refractivity contribution < 1.29 is 29.0 Å². The number of fused-ring (bicyclic) bond motifs is 6. The number of rotatable bonds is 9. The molecule has 0 radical (unpaired) electrons. The Hall–Kier alpha value is -4.38. The van der Waals surface area contributed by atoms with Crippen LogP contribution in [0.1, 0.15) is 43.2 Å². The van der Waals surface area contributed by atoms with Crippen LogP contribution < -0.4 is 25.0 Å². The number of anilines is 2. The third-order valence-electron chi connectivity index (χ3n) is 9.39. The SMILES string of the molecule is CN(CCN(C)C(=O)Oc1cc2c(c3ccccc13)CCN2C(=O)CCCC(=O)N1CCc2c1cc(O)c1c2=CCCC=1)C(=O)CBr. The maximum absolute atomic E-state index is 13.5. The number of carbonyl (C=O) groups excluding carboxylic acids is 4. The molecule has 11 heteroatoms. The zero-order valence-corrected chi connectivity index (χ0v) is 28.3. The first-order valence-electron chi connectivity index (χ1n) is 16.1. The highest BCUT2D eigenvalue weighted by molar-refractivity contribution is 9.09. The Morgan fingerprint density at radius 1 is 0.830 bits per heavy atom. The first-order chi connectivity index (χ1) is 22.7. The minimum Gasteiger partial charge on any atom is -0.507 e. The maximum atomic E-state index is 13.5. The van der Waals surface area contributed by atoms with E-state index in [0.717, 1.165) is 63.0 Å². The predicted octanol–water partition coefficient (Wildman–Crippen LogP) is 3.83. The molecule has 3 aromatic rings. The molecule has 4 amide bonds. The number of phenolic OH excluding ortho intramolecular Hbond substituents is 1. The Kier molecular flexibility index (Phi) is 9.54. The lowest BCUT2D eigenvalue weighted by atomic mass is 10.0. The fourth-order valence-electron chi connectivity index (χ4n) is 6.77. The average Bonchev–Trinajstić information content (AvgIpc) is 3.71. The van der Waals surface area contributed by atoms with Crippen molar-refractivity contribution in [2.24, 2.45) is 0 Å². The maximum Gasteiger partial charge on any atom is 0.415 e. The Bertz CT molecular complexity index is 1890. The number of hydrogen-bond donors (Lipinski definition) is 1. The molecule has 0 saturated heterocycles. The van der Waals surface area contributed by atoms with Gasteiger partial charge in [-0.2, -0.15) is 0 Å². The number of carbonyl (C=O) groups is 4. The molecule has 0 bridgehead atoms. The zero-order chi connectivity index (χ0) is 33.2. The highest BCUT2D eigenvalue weighted by Gasteiger charge is 2.30. The third-order valence-corrected chi connectivity index (χ3v) is 9.87. The van der Waals surface area contributed by atoms with E-state index in [9.17, 15) is 24.3 Å². The zero-order valence-electron chi connectivity index (χ0n) is 26.8. The van der Waals surface area contributed by atoms with Crippen molar-refractivity contribution in [3.05, 3.63) is 58.0 Å². The summed E-state index contributed by atoms with van der Waals surface area (Å²) in [6.07, 6.45) is 7.73. The van der Waals surface area contributed by atoms with Crippen LogP contribution in [0.15, 0.2) is 36.4 Å². The van der Waals surface area contributed by atoms with Crippen LogP contribution in [0.2, 0.25) is 0 Å². The van der Waals surface area contributed by atoms with Gasteiger partial charge in [-0.1, -0.05) is 52.3 Å². The van der Waals surface area contributed by atoms with Crippen molar-refractivity contribution in [3.8, 4) is 11.5 Å². The van der Waals surface area contributed by atoms with E-state index >= 15 is 0 Å². The lowest BCUT2D eigenvalue weighted by Gasteiger charge is -2.23. The lowest BCUT2D eigenvalue weighted by Crippen LogP contribution is -2.38. The molecular formula is C36H39BrN4O6. The number of halogens is 1. The van der Waals surface area contributed by atoms with Crippen molar-refractivity contribution in [2.75, 3.05) is 55.4 Å². The lowest BCUT2D eigenvalue weighted by molar-refractivity contribution is -0.127. The highest BCUT2D eigenvalue weighted by Crippen LogP contribution is 2.40. The first-order valence-corrected chi connectivity index (χ1v) is 17.2. The summed E-state index contributed by atoms with van der Waals surface area (Å²) in [6.45, 7) is 1.73. The van der Waals surface area contributed by atoms with E-state index in [1.165, 1.54) is 4.90 Å². The summed E-state index contributed by atoms with van der Waals surface area (Å²) in [7, 11) is 3.30. The second-order valence-electron chi connectivity index (χ2n) is 12.3. The van der Waals surface area contributed by atoms with Gasteiger partial charge in [0.25, 0.3) is 0 Å². The second-order valence-corrected chi connectivity index (χ2v) is 12.9. The van der Waals surface area contributed by atoms with Crippen LogP contribution in [0.5, 0.6) is 11.5 Å². The summed E-state index contributed by atoms with van der Waals surface area (Å²) in [5.41, 5.74) is 3.63. The van der Waals surface area contributed by atoms with Crippen LogP contribution in [0.3, 0.4) is 0 Å². The molecule has 3 aliphatic rings. The van der Waals surface area contributed by atoms with Crippen molar-refractivity contribution in [2.45, 2.75) is 44.9 Å². The molecule has 10 nitrogen and oxygen atoms in total. The summed E-state index contributed by atoms with van der Waals surface area (Å²) in [6, 6.07) is 11.2. The third kappa shape index (κ3) is 6.45. The van der Waals surface area contributed by atoms with Crippen LogP contribution in [0.25, 0.3) is 22.9 Å². The van der Waals surface area contributed by atoms with Crippen LogP contribution in [0, 0.1) is 0 Å². The van der Waals surface area contributed by atoms with Gasteiger partial charge in [-0.05, 0) is 53.8 Å². The van der Waals surface area contributed by atoms with Gasteiger partial charge in [0.05, 0.1) is 16.7 Å². The van der Waals surface area contributed by atoms with Gasteiger partial charge in [-0.15, -0.1) is 0 Å². The number of likely N-dealkylation sites (N-methyl/N-ethyl adjacent to an activating group) is 2. The van der Waals surface area contributed by atoms with Crippen molar-refractivity contribution in [1.82, 2.24) is 9.80 Å². The molecule has 6 rings (SSSR count). The van der Waals surface area contributed by atoms with Crippen LogP contribution in [-0.2, 0) is 27.2 Å². The molecule has 2 heterocycles. The molecule has 0 aromatic heterocycles. The molecule has 246 valence electrons. The molecule has 2 aliphatic heterocycles. The van der Waals surface area contributed by atoms with E-state index in [1.54, 1.807) is 40.9 Å². The van der Waals surface area contributed by atoms with E-state index < -0.39 is 6.09 Å². The first kappa shape index (κ1) is 32.6. The Morgan fingerprint density at radius 2 is 1.43 bits per heavy atom. The summed E-state index contributed by atoms with van der Waals surface area (Å²) >= 11 is 3.16. The Morgan fingerprint density at radius 3 is 2.11 bits per heavy atom. The molecule has 0 spiro atoms. The number of hydrogen-bond acceptors (Lipinski definition) is 6. The van der Waals surface area contributed by atoms with E-state index in [2.05, 4.69) is 28.1 Å². The number of aromatic hydroxyl groups is 1. The second kappa shape index (κ2) is 13.8.